The second-order valence-corrected chi connectivity index (χ2v) is 6.48. The average molecular weight is 317 g/mol. The zero-order valence-electron chi connectivity index (χ0n) is 11.9. The first-order valence-electron chi connectivity index (χ1n) is 7.08. The molecular weight excluding hydrogens is 300 g/mol. The average Bonchev–Trinajstić information content (AvgIpc) is 2.88. The van der Waals surface area contributed by atoms with Crippen molar-refractivity contribution in [1.29, 1.82) is 0 Å². The predicted octanol–water partition coefficient (Wildman–Crippen LogP) is 4.65. The number of nitrogens with zero attached hydrogens (tertiary/aromatic N) is 1. The van der Waals surface area contributed by atoms with Gasteiger partial charge < -0.3 is 5.32 Å². The zero-order valence-corrected chi connectivity index (χ0v) is 13.5. The van der Waals surface area contributed by atoms with Crippen molar-refractivity contribution >= 4 is 33.2 Å². The first-order valence-corrected chi connectivity index (χ1v) is 8.28. The van der Waals surface area contributed by atoms with Gasteiger partial charge in [0.2, 0.25) is 0 Å². The Morgan fingerprint density at radius 1 is 1.19 bits per heavy atom. The molecule has 4 heteroatoms. The van der Waals surface area contributed by atoms with Crippen LogP contribution in [0.3, 0.4) is 0 Å². The van der Waals surface area contributed by atoms with Gasteiger partial charge in [0.05, 0.1) is 15.2 Å². The van der Waals surface area contributed by atoms with Gasteiger partial charge in [-0.3, -0.25) is 0 Å². The molecule has 1 heterocycles. The van der Waals surface area contributed by atoms with Crippen LogP contribution in [0.15, 0.2) is 42.5 Å². The fourth-order valence-electron chi connectivity index (χ4n) is 2.27. The topological polar surface area (TPSA) is 24.9 Å². The largest absolute Gasteiger partial charge is 0.313 e. The minimum absolute atomic E-state index is 0.816. The lowest BCUT2D eigenvalue weighted by Gasteiger charge is -2.07. The summed E-state index contributed by atoms with van der Waals surface area (Å²) in [5.41, 5.74) is 3.43. The van der Waals surface area contributed by atoms with E-state index in [1.807, 2.05) is 6.07 Å². The quantitative estimate of drug-likeness (QED) is 0.741. The monoisotopic (exact) mass is 316 g/mol. The molecule has 0 unspecified atom stereocenters. The minimum Gasteiger partial charge on any atom is -0.313 e. The van der Waals surface area contributed by atoms with Gasteiger partial charge in [-0.15, -0.1) is 11.3 Å². The Labute approximate surface area is 133 Å². The lowest BCUT2D eigenvalue weighted by molar-refractivity contribution is 0.727. The molecule has 0 saturated heterocycles. The van der Waals surface area contributed by atoms with Gasteiger partial charge in [-0.05, 0) is 35.9 Å². The standard InChI is InChI=1S/C17H17ClN2S/c1-2-19-11-13-8-7-12(9-14(13)18)10-17-20-15-5-3-4-6-16(15)21-17/h3-9,19H,2,10-11H2,1H3. The highest BCUT2D eigenvalue weighted by Crippen LogP contribution is 2.25. The Hall–Kier alpha value is -1.42. The van der Waals surface area contributed by atoms with Gasteiger partial charge in [-0.25, -0.2) is 4.98 Å². The molecule has 0 aliphatic carbocycles. The van der Waals surface area contributed by atoms with Gasteiger partial charge >= 0.3 is 0 Å². The van der Waals surface area contributed by atoms with E-state index in [0.717, 1.165) is 40.6 Å². The van der Waals surface area contributed by atoms with Crippen molar-refractivity contribution in [2.24, 2.45) is 0 Å². The van der Waals surface area contributed by atoms with E-state index < -0.39 is 0 Å². The first-order chi connectivity index (χ1) is 10.3. The fourth-order valence-corrected chi connectivity index (χ4v) is 3.55. The molecule has 21 heavy (non-hydrogen) atoms. The number of thiazole rings is 1. The van der Waals surface area contributed by atoms with Gasteiger partial charge in [-0.1, -0.05) is 42.8 Å². The molecule has 1 aromatic heterocycles. The van der Waals surface area contributed by atoms with Crippen molar-refractivity contribution < 1.29 is 0 Å². The van der Waals surface area contributed by atoms with Crippen LogP contribution in [0.2, 0.25) is 5.02 Å². The summed E-state index contributed by atoms with van der Waals surface area (Å²) >= 11 is 8.10. The van der Waals surface area contributed by atoms with Crippen LogP contribution in [0, 0.1) is 0 Å². The second kappa shape index (κ2) is 6.56. The molecule has 0 aliphatic heterocycles. The summed E-state index contributed by atoms with van der Waals surface area (Å²) < 4.78 is 1.24. The van der Waals surface area contributed by atoms with Crippen LogP contribution < -0.4 is 5.32 Å². The first kappa shape index (κ1) is 14.5. The van der Waals surface area contributed by atoms with Crippen LogP contribution in [0.5, 0.6) is 0 Å². The van der Waals surface area contributed by atoms with Crippen molar-refractivity contribution in [1.82, 2.24) is 10.3 Å². The third-order valence-corrected chi connectivity index (χ3v) is 4.76. The lowest BCUT2D eigenvalue weighted by Crippen LogP contribution is -2.12. The summed E-state index contributed by atoms with van der Waals surface area (Å²) in [4.78, 5) is 4.67. The molecule has 108 valence electrons. The Balaban J connectivity index is 1.79. The third kappa shape index (κ3) is 3.43. The van der Waals surface area contributed by atoms with Gasteiger partial charge in [-0.2, -0.15) is 0 Å². The Morgan fingerprint density at radius 2 is 2.05 bits per heavy atom. The normalized spacial score (nSPS) is 11.1. The number of fused-ring (bicyclic) bond motifs is 1. The maximum atomic E-state index is 6.35. The number of nitrogens with one attached hydrogen (secondary N) is 1. The van der Waals surface area contributed by atoms with Gasteiger partial charge in [0, 0.05) is 18.0 Å². The maximum Gasteiger partial charge on any atom is 0.0982 e. The number of halogens is 1. The van der Waals surface area contributed by atoms with Crippen LogP contribution >= 0.6 is 22.9 Å². The van der Waals surface area contributed by atoms with Crippen LogP contribution in [0.1, 0.15) is 23.1 Å². The molecule has 2 nitrogen and oxygen atoms in total. The van der Waals surface area contributed by atoms with E-state index in [2.05, 4.69) is 53.6 Å². The third-order valence-electron chi connectivity index (χ3n) is 3.38. The molecule has 0 aliphatic rings. The molecule has 2 aromatic carbocycles. The molecule has 0 spiro atoms. The molecule has 3 aromatic rings. The molecular formula is C17H17ClN2S. The van der Waals surface area contributed by atoms with Crippen LogP contribution in [0.4, 0.5) is 0 Å². The molecule has 0 saturated carbocycles. The summed E-state index contributed by atoms with van der Waals surface area (Å²) in [6.07, 6.45) is 0.834. The van der Waals surface area contributed by atoms with Crippen molar-refractivity contribution in [2.45, 2.75) is 19.9 Å². The fraction of sp³-hybridized carbons (Fsp3) is 0.235. The van der Waals surface area contributed by atoms with Crippen molar-refractivity contribution in [3.8, 4) is 0 Å². The zero-order chi connectivity index (χ0) is 14.7. The van der Waals surface area contributed by atoms with Crippen molar-refractivity contribution in [3.63, 3.8) is 0 Å². The van der Waals surface area contributed by atoms with E-state index >= 15 is 0 Å². The SMILES string of the molecule is CCNCc1ccc(Cc2nc3ccccc3s2)cc1Cl. The van der Waals surface area contributed by atoms with Crippen LogP contribution in [-0.4, -0.2) is 11.5 Å². The number of hydrogen-bond acceptors (Lipinski definition) is 3. The van der Waals surface area contributed by atoms with Crippen LogP contribution in [0.25, 0.3) is 10.2 Å². The van der Waals surface area contributed by atoms with Gasteiger partial charge in [0.15, 0.2) is 0 Å². The Kier molecular flexibility index (Phi) is 4.54. The summed E-state index contributed by atoms with van der Waals surface area (Å²) in [6.45, 7) is 3.86. The minimum atomic E-state index is 0.816. The molecule has 1 N–H and O–H groups in total. The number of benzene rings is 2. The Morgan fingerprint density at radius 3 is 2.81 bits per heavy atom. The number of aromatic nitrogens is 1. The molecule has 0 bridgehead atoms. The highest BCUT2D eigenvalue weighted by atomic mass is 35.5. The molecule has 3 rings (SSSR count). The summed E-state index contributed by atoms with van der Waals surface area (Å²) in [6, 6.07) is 14.6. The molecule has 0 amide bonds. The smallest absolute Gasteiger partial charge is 0.0982 e. The maximum absolute atomic E-state index is 6.35. The Bertz CT molecular complexity index is 718. The van der Waals surface area contributed by atoms with Crippen LogP contribution in [-0.2, 0) is 13.0 Å². The highest BCUT2D eigenvalue weighted by Gasteiger charge is 2.06. The molecule has 0 radical (unpaired) electrons. The predicted molar refractivity (Wildman–Crippen MR) is 91.3 cm³/mol. The van der Waals surface area contributed by atoms with E-state index in [1.165, 1.54) is 10.3 Å². The summed E-state index contributed by atoms with van der Waals surface area (Å²) in [7, 11) is 0. The summed E-state index contributed by atoms with van der Waals surface area (Å²) in [5.74, 6) is 0. The lowest BCUT2D eigenvalue weighted by atomic mass is 10.1. The van der Waals surface area contributed by atoms with E-state index in [9.17, 15) is 0 Å². The highest BCUT2D eigenvalue weighted by molar-refractivity contribution is 7.18. The second-order valence-electron chi connectivity index (χ2n) is 4.96. The van der Waals surface area contributed by atoms with Gasteiger partial charge in [0.1, 0.15) is 0 Å². The van der Waals surface area contributed by atoms with E-state index in [0.29, 0.717) is 0 Å². The van der Waals surface area contributed by atoms with Crippen molar-refractivity contribution in [2.75, 3.05) is 6.54 Å². The van der Waals surface area contributed by atoms with Gasteiger partial charge in [0.25, 0.3) is 0 Å². The molecule has 0 fully saturated rings. The number of rotatable bonds is 5. The molecule has 0 atom stereocenters. The van der Waals surface area contributed by atoms with E-state index in [-0.39, 0.29) is 0 Å². The van der Waals surface area contributed by atoms with E-state index in [1.54, 1.807) is 11.3 Å². The van der Waals surface area contributed by atoms with E-state index in [4.69, 9.17) is 11.6 Å². The van der Waals surface area contributed by atoms with Crippen molar-refractivity contribution in [3.05, 3.63) is 63.6 Å². The number of hydrogen-bond donors (Lipinski definition) is 1. The summed E-state index contributed by atoms with van der Waals surface area (Å²) in [5, 5.41) is 5.26. The number of para-hydroxylation sites is 1.